The van der Waals surface area contributed by atoms with E-state index in [2.05, 4.69) is 25.7 Å². The fourth-order valence-corrected chi connectivity index (χ4v) is 3.37. The predicted molar refractivity (Wildman–Crippen MR) is 120 cm³/mol. The average molecular weight is 452 g/mol. The van der Waals surface area contributed by atoms with Crippen molar-refractivity contribution < 1.29 is 23.4 Å². The highest BCUT2D eigenvalue weighted by molar-refractivity contribution is 5.95. The molecule has 2 N–H and O–H groups in total. The molecule has 1 amide bonds. The topological polar surface area (TPSA) is 126 Å². The number of aromatic nitrogens is 4. The molecule has 0 aliphatic rings. The highest BCUT2D eigenvalue weighted by Gasteiger charge is 2.17. The molecule has 0 saturated carbocycles. The monoisotopic (exact) mass is 452 g/mol. The molecule has 0 saturated heterocycles. The number of carbonyl (C=O) groups is 1. The van der Waals surface area contributed by atoms with E-state index in [9.17, 15) is 4.79 Å². The van der Waals surface area contributed by atoms with Gasteiger partial charge in [0.15, 0.2) is 17.1 Å². The number of benzene rings is 1. The summed E-state index contributed by atoms with van der Waals surface area (Å²) in [7, 11) is 4.51. The van der Waals surface area contributed by atoms with E-state index >= 15 is 0 Å². The number of nitrogens with zero attached hydrogens (tertiary/aromatic N) is 4. The zero-order valence-electron chi connectivity index (χ0n) is 18.5. The first-order chi connectivity index (χ1) is 16.1. The Morgan fingerprint density at radius 3 is 2.58 bits per heavy atom. The van der Waals surface area contributed by atoms with Gasteiger partial charge < -0.3 is 29.3 Å². The first kappa shape index (κ1) is 21.9. The molecule has 11 heteroatoms. The number of methoxy groups -OCH3 is 3. The largest absolute Gasteiger partial charge is 0.493 e. The van der Waals surface area contributed by atoms with Crippen molar-refractivity contribution in [1.82, 2.24) is 25.1 Å². The highest BCUT2D eigenvalue weighted by atomic mass is 16.5. The Bertz CT molecular complexity index is 1210. The van der Waals surface area contributed by atoms with Gasteiger partial charge in [0.1, 0.15) is 17.9 Å². The van der Waals surface area contributed by atoms with Crippen molar-refractivity contribution in [2.45, 2.75) is 13.1 Å². The quantitative estimate of drug-likeness (QED) is 0.373. The van der Waals surface area contributed by atoms with Crippen LogP contribution < -0.4 is 24.8 Å². The van der Waals surface area contributed by atoms with E-state index < -0.39 is 0 Å². The van der Waals surface area contributed by atoms with E-state index in [0.717, 1.165) is 11.1 Å². The van der Waals surface area contributed by atoms with Crippen LogP contribution in [0.1, 0.15) is 16.1 Å². The number of amides is 1. The zero-order chi connectivity index (χ0) is 23.2. The first-order valence-corrected chi connectivity index (χ1v) is 10.2. The van der Waals surface area contributed by atoms with Crippen molar-refractivity contribution >= 4 is 22.8 Å². The van der Waals surface area contributed by atoms with Crippen LogP contribution in [0.3, 0.4) is 0 Å². The van der Waals surface area contributed by atoms with Gasteiger partial charge in [-0.3, -0.25) is 4.79 Å². The number of nitrogens with one attached hydrogen (secondary N) is 2. The van der Waals surface area contributed by atoms with E-state index in [0.29, 0.717) is 53.9 Å². The van der Waals surface area contributed by atoms with Gasteiger partial charge in [0.05, 0.1) is 52.3 Å². The number of anilines is 1. The molecule has 4 rings (SSSR count). The fraction of sp³-hybridized carbons (Fsp3) is 0.273. The lowest BCUT2D eigenvalue weighted by Gasteiger charge is -2.14. The summed E-state index contributed by atoms with van der Waals surface area (Å²) in [6.45, 7) is 1.26. The summed E-state index contributed by atoms with van der Waals surface area (Å²) in [5.41, 5.74) is 1.05. The number of hydrogen-bond donors (Lipinski definition) is 2. The number of hydrogen-bond acceptors (Lipinski definition) is 9. The third-order valence-electron chi connectivity index (χ3n) is 4.98. The van der Waals surface area contributed by atoms with Crippen molar-refractivity contribution in [3.63, 3.8) is 0 Å². The van der Waals surface area contributed by atoms with Gasteiger partial charge in [-0.25, -0.2) is 14.6 Å². The molecule has 0 radical (unpaired) electrons. The molecule has 0 fully saturated rings. The van der Waals surface area contributed by atoms with Crippen molar-refractivity contribution in [1.29, 1.82) is 0 Å². The minimum Gasteiger partial charge on any atom is -0.493 e. The Labute approximate surface area is 189 Å². The maximum absolute atomic E-state index is 12.7. The smallest absolute Gasteiger partial charge is 0.251 e. The van der Waals surface area contributed by atoms with Crippen molar-refractivity contribution in [3.8, 4) is 17.2 Å². The van der Waals surface area contributed by atoms with E-state index in [1.54, 1.807) is 29.3 Å². The molecular formula is C22H24N6O5. The summed E-state index contributed by atoms with van der Waals surface area (Å²) in [4.78, 5) is 21.3. The Balaban J connectivity index is 1.42. The summed E-state index contributed by atoms with van der Waals surface area (Å²) < 4.78 is 23.0. The molecule has 4 aromatic rings. The van der Waals surface area contributed by atoms with Crippen LogP contribution in [0.4, 0.5) is 5.82 Å². The van der Waals surface area contributed by atoms with Crippen molar-refractivity contribution in [2.24, 2.45) is 0 Å². The summed E-state index contributed by atoms with van der Waals surface area (Å²) in [6, 6.07) is 6.91. The maximum atomic E-state index is 12.7. The number of fused-ring (bicyclic) bond motifs is 1. The molecule has 0 unspecified atom stereocenters. The molecular weight excluding hydrogens is 428 g/mol. The van der Waals surface area contributed by atoms with Crippen LogP contribution in [0, 0.1) is 0 Å². The van der Waals surface area contributed by atoms with Gasteiger partial charge in [0, 0.05) is 12.1 Å². The third kappa shape index (κ3) is 4.66. The van der Waals surface area contributed by atoms with Crippen molar-refractivity contribution in [2.75, 3.05) is 33.2 Å². The Kier molecular flexibility index (Phi) is 6.58. The molecule has 0 spiro atoms. The van der Waals surface area contributed by atoms with Gasteiger partial charge in [0.25, 0.3) is 5.91 Å². The minimum atomic E-state index is -0.277. The number of carbonyl (C=O) groups excluding carboxylic acids is 1. The van der Waals surface area contributed by atoms with Gasteiger partial charge in [-0.15, -0.1) is 0 Å². The molecule has 11 nitrogen and oxygen atoms in total. The summed E-state index contributed by atoms with van der Waals surface area (Å²) in [5.74, 6) is 2.42. The van der Waals surface area contributed by atoms with Crippen LogP contribution in [0.15, 0.2) is 47.5 Å². The first-order valence-electron chi connectivity index (χ1n) is 10.2. The Morgan fingerprint density at radius 2 is 1.91 bits per heavy atom. The third-order valence-corrected chi connectivity index (χ3v) is 4.98. The number of furan rings is 1. The van der Waals surface area contributed by atoms with E-state index in [1.807, 2.05) is 12.1 Å². The molecule has 172 valence electrons. The predicted octanol–water partition coefficient (Wildman–Crippen LogP) is 2.49. The maximum Gasteiger partial charge on any atom is 0.251 e. The van der Waals surface area contributed by atoms with Gasteiger partial charge in [-0.1, -0.05) is 0 Å². The van der Waals surface area contributed by atoms with Crippen LogP contribution in [0.5, 0.6) is 17.2 Å². The van der Waals surface area contributed by atoms with Crippen LogP contribution in [0.2, 0.25) is 0 Å². The Hall–Kier alpha value is -4.28. The van der Waals surface area contributed by atoms with E-state index in [-0.39, 0.29) is 5.91 Å². The van der Waals surface area contributed by atoms with Crippen LogP contribution in [-0.4, -0.2) is 53.5 Å². The number of rotatable bonds is 10. The lowest BCUT2D eigenvalue weighted by molar-refractivity contribution is 0.0951. The lowest BCUT2D eigenvalue weighted by atomic mass is 10.1. The minimum absolute atomic E-state index is 0.277. The molecule has 0 aliphatic carbocycles. The van der Waals surface area contributed by atoms with Gasteiger partial charge in [-0.2, -0.15) is 5.10 Å². The fourth-order valence-electron chi connectivity index (χ4n) is 3.37. The van der Waals surface area contributed by atoms with Gasteiger partial charge in [-0.05, 0) is 24.3 Å². The molecule has 3 heterocycles. The highest BCUT2D eigenvalue weighted by Crippen LogP contribution is 2.38. The van der Waals surface area contributed by atoms with Gasteiger partial charge >= 0.3 is 0 Å². The Morgan fingerprint density at radius 1 is 1.12 bits per heavy atom. The zero-order valence-corrected chi connectivity index (χ0v) is 18.5. The standard InChI is InChI=1S/C22H24N6O5/c1-30-17-9-14(10-18(31-2)19(17)32-3)22(29)23-6-7-28-21-16(12-27-28)20(25-13-26-21)24-11-15-5-4-8-33-15/h4-5,8-10,12-13H,6-7,11H2,1-3H3,(H,23,29)(H,24,25,26). The average Bonchev–Trinajstić information content (AvgIpc) is 3.52. The molecule has 0 aliphatic heterocycles. The molecule has 0 bridgehead atoms. The summed E-state index contributed by atoms with van der Waals surface area (Å²) in [6.07, 6.45) is 4.79. The summed E-state index contributed by atoms with van der Waals surface area (Å²) >= 11 is 0. The molecule has 0 atom stereocenters. The normalized spacial score (nSPS) is 10.8. The van der Waals surface area contributed by atoms with Crippen molar-refractivity contribution in [3.05, 3.63) is 54.4 Å². The second kappa shape index (κ2) is 9.90. The van der Waals surface area contributed by atoms with Crippen LogP contribution >= 0.6 is 0 Å². The van der Waals surface area contributed by atoms with Crippen LogP contribution in [-0.2, 0) is 13.1 Å². The molecule has 33 heavy (non-hydrogen) atoms. The molecule has 1 aromatic carbocycles. The lowest BCUT2D eigenvalue weighted by Crippen LogP contribution is -2.27. The number of ether oxygens (including phenoxy) is 3. The van der Waals surface area contributed by atoms with E-state index in [4.69, 9.17) is 18.6 Å². The van der Waals surface area contributed by atoms with E-state index in [1.165, 1.54) is 27.7 Å². The second-order valence-electron chi connectivity index (χ2n) is 6.93. The summed E-state index contributed by atoms with van der Waals surface area (Å²) in [5, 5.41) is 11.3. The van der Waals surface area contributed by atoms with Crippen LogP contribution in [0.25, 0.3) is 11.0 Å². The van der Waals surface area contributed by atoms with Gasteiger partial charge in [0.2, 0.25) is 5.75 Å². The SMILES string of the molecule is COc1cc(C(=O)NCCn2ncc3c(NCc4ccco4)ncnc32)cc(OC)c1OC. The molecule has 3 aromatic heterocycles. The second-order valence-corrected chi connectivity index (χ2v) is 6.93.